The second-order valence-electron chi connectivity index (χ2n) is 8.54. The van der Waals surface area contributed by atoms with Crippen LogP contribution in [0.1, 0.15) is 57.6 Å². The molecule has 6 atom stereocenters. The van der Waals surface area contributed by atoms with Gasteiger partial charge in [-0.3, -0.25) is 9.59 Å². The average molecular weight is 438 g/mol. The number of hydrogen-bond acceptors (Lipinski definition) is 7. The molecule has 8 nitrogen and oxygen atoms in total. The van der Waals surface area contributed by atoms with Crippen molar-refractivity contribution in [1.82, 2.24) is 5.32 Å². The number of amides is 1. The molecule has 0 aliphatic carbocycles. The van der Waals surface area contributed by atoms with Crippen LogP contribution in [0.4, 0.5) is 0 Å². The Bertz CT molecular complexity index is 721. The van der Waals surface area contributed by atoms with Crippen LogP contribution in [-0.4, -0.2) is 64.4 Å². The number of rotatable bonds is 9. The average Bonchev–Trinajstić information content (AvgIpc) is 2.72. The first kappa shape index (κ1) is 25.3. The Morgan fingerprint density at radius 3 is 2.35 bits per heavy atom. The lowest BCUT2D eigenvalue weighted by Gasteiger charge is -2.42. The Labute approximate surface area is 183 Å². The van der Waals surface area contributed by atoms with Crippen LogP contribution >= 0.6 is 0 Å². The van der Waals surface area contributed by atoms with E-state index in [0.717, 1.165) is 12.0 Å². The van der Waals surface area contributed by atoms with Crippen LogP contribution in [0.5, 0.6) is 0 Å². The van der Waals surface area contributed by atoms with Crippen LogP contribution in [0.3, 0.4) is 0 Å². The predicted octanol–water partition coefficient (Wildman–Crippen LogP) is 1.26. The summed E-state index contributed by atoms with van der Waals surface area (Å²) in [6.07, 6.45) is -3.62. The van der Waals surface area contributed by atoms with Gasteiger partial charge in [-0.25, -0.2) is 0 Å². The van der Waals surface area contributed by atoms with Crippen LogP contribution in [0.15, 0.2) is 24.3 Å². The van der Waals surface area contributed by atoms with E-state index in [9.17, 15) is 24.9 Å². The molecule has 174 valence electrons. The second kappa shape index (κ2) is 11.6. The van der Waals surface area contributed by atoms with Crippen molar-refractivity contribution in [2.45, 2.75) is 83.5 Å². The van der Waals surface area contributed by atoms with Gasteiger partial charge in [-0.15, -0.1) is 0 Å². The Balaban J connectivity index is 2.15. The van der Waals surface area contributed by atoms with Gasteiger partial charge in [-0.05, 0) is 36.8 Å². The summed E-state index contributed by atoms with van der Waals surface area (Å²) >= 11 is 0. The molecule has 1 amide bonds. The molecule has 31 heavy (non-hydrogen) atoms. The standard InChI is InChI=1S/C23H35NO7/c1-5-6-18(26)24-19-21(20(27)17(12-25)30-23(19)29)31-22(28)14(4)16-9-7-15(8-10-16)11-13(2)3/h7-10,13-14,17,19-21,23,25,27,29H,5-6,11-12H2,1-4H3,(H,24,26)/t14?,17?,19?,20-,21-,23?/m1/s1. The van der Waals surface area contributed by atoms with E-state index >= 15 is 0 Å². The van der Waals surface area contributed by atoms with Gasteiger partial charge in [0.05, 0.1) is 12.5 Å². The van der Waals surface area contributed by atoms with E-state index in [-0.39, 0.29) is 12.3 Å². The van der Waals surface area contributed by atoms with Gasteiger partial charge in [0.25, 0.3) is 0 Å². The number of aliphatic hydroxyl groups is 3. The molecule has 8 heteroatoms. The van der Waals surface area contributed by atoms with Crippen LogP contribution in [0.25, 0.3) is 0 Å². The molecule has 0 aromatic heterocycles. The van der Waals surface area contributed by atoms with Gasteiger partial charge >= 0.3 is 5.97 Å². The summed E-state index contributed by atoms with van der Waals surface area (Å²) in [7, 11) is 0. The topological polar surface area (TPSA) is 125 Å². The summed E-state index contributed by atoms with van der Waals surface area (Å²) in [5, 5.41) is 32.9. The maximum Gasteiger partial charge on any atom is 0.313 e. The van der Waals surface area contributed by atoms with Gasteiger partial charge < -0.3 is 30.1 Å². The first-order valence-electron chi connectivity index (χ1n) is 10.9. The van der Waals surface area contributed by atoms with Crippen molar-refractivity contribution in [3.8, 4) is 0 Å². The highest BCUT2D eigenvalue weighted by Crippen LogP contribution is 2.26. The molecule has 1 heterocycles. The van der Waals surface area contributed by atoms with Gasteiger partial charge in [0.2, 0.25) is 5.91 Å². The fourth-order valence-electron chi connectivity index (χ4n) is 3.65. The normalized spacial score (nSPS) is 27.0. The fourth-order valence-corrected chi connectivity index (χ4v) is 3.65. The minimum absolute atomic E-state index is 0.211. The molecule has 0 radical (unpaired) electrons. The number of esters is 1. The number of ether oxygens (including phenoxy) is 2. The van der Waals surface area contributed by atoms with E-state index in [1.165, 1.54) is 5.56 Å². The second-order valence-corrected chi connectivity index (χ2v) is 8.54. The summed E-state index contributed by atoms with van der Waals surface area (Å²) in [4.78, 5) is 24.9. The number of carbonyl (C=O) groups excluding carboxylic acids is 2. The highest BCUT2D eigenvalue weighted by Gasteiger charge is 2.47. The fraction of sp³-hybridized carbons (Fsp3) is 0.652. The zero-order chi connectivity index (χ0) is 23.1. The van der Waals surface area contributed by atoms with Crippen LogP contribution < -0.4 is 5.32 Å². The van der Waals surface area contributed by atoms with Crippen molar-refractivity contribution in [2.75, 3.05) is 6.61 Å². The third-order valence-corrected chi connectivity index (χ3v) is 5.41. The predicted molar refractivity (Wildman–Crippen MR) is 114 cm³/mol. The SMILES string of the molecule is CCCC(=O)NC1C(O)OC(CO)[C@@H](O)[C@@H]1OC(=O)C(C)c1ccc(CC(C)C)cc1. The number of aliphatic hydroxyl groups excluding tert-OH is 3. The van der Waals surface area contributed by atoms with Crippen molar-refractivity contribution in [3.63, 3.8) is 0 Å². The lowest BCUT2D eigenvalue weighted by atomic mass is 9.95. The Kier molecular flexibility index (Phi) is 9.43. The molecule has 1 aromatic rings. The third-order valence-electron chi connectivity index (χ3n) is 5.41. The number of benzene rings is 1. The van der Waals surface area contributed by atoms with Gasteiger partial charge in [-0.1, -0.05) is 45.0 Å². The molecular weight excluding hydrogens is 402 g/mol. The van der Waals surface area contributed by atoms with Gasteiger partial charge in [0, 0.05) is 6.42 Å². The molecular formula is C23H35NO7. The number of hydrogen-bond donors (Lipinski definition) is 4. The molecule has 4 unspecified atom stereocenters. The third kappa shape index (κ3) is 6.74. The summed E-state index contributed by atoms with van der Waals surface area (Å²) in [6, 6.07) is 6.54. The molecule has 2 rings (SSSR count). The summed E-state index contributed by atoms with van der Waals surface area (Å²) < 4.78 is 10.7. The van der Waals surface area contributed by atoms with E-state index in [2.05, 4.69) is 19.2 Å². The quantitative estimate of drug-likeness (QED) is 0.429. The smallest absolute Gasteiger partial charge is 0.313 e. The van der Waals surface area contributed by atoms with Crippen molar-refractivity contribution in [2.24, 2.45) is 5.92 Å². The lowest BCUT2D eigenvalue weighted by molar-refractivity contribution is -0.259. The van der Waals surface area contributed by atoms with Gasteiger partial charge in [0.15, 0.2) is 12.4 Å². The van der Waals surface area contributed by atoms with E-state index in [0.29, 0.717) is 12.3 Å². The number of carbonyl (C=O) groups is 2. The van der Waals surface area contributed by atoms with E-state index in [4.69, 9.17) is 9.47 Å². The molecule has 1 saturated heterocycles. The highest BCUT2D eigenvalue weighted by atomic mass is 16.6. The molecule has 1 fully saturated rings. The molecule has 1 aliphatic rings. The maximum absolute atomic E-state index is 12.8. The molecule has 0 saturated carbocycles. The maximum atomic E-state index is 12.8. The molecule has 4 N–H and O–H groups in total. The summed E-state index contributed by atoms with van der Waals surface area (Å²) in [5.41, 5.74) is 1.93. The monoisotopic (exact) mass is 437 g/mol. The molecule has 0 bridgehead atoms. The van der Waals surface area contributed by atoms with Crippen LogP contribution in [-0.2, 0) is 25.5 Å². The first-order valence-corrected chi connectivity index (χ1v) is 10.9. The molecule has 1 aromatic carbocycles. The minimum Gasteiger partial charge on any atom is -0.457 e. The zero-order valence-corrected chi connectivity index (χ0v) is 18.7. The van der Waals surface area contributed by atoms with Crippen molar-refractivity contribution < 1.29 is 34.4 Å². The first-order chi connectivity index (χ1) is 14.7. The Morgan fingerprint density at radius 1 is 1.16 bits per heavy atom. The van der Waals surface area contributed by atoms with Gasteiger partial charge in [-0.2, -0.15) is 0 Å². The van der Waals surface area contributed by atoms with E-state index < -0.39 is 49.1 Å². The molecule has 0 spiro atoms. The largest absolute Gasteiger partial charge is 0.457 e. The number of nitrogens with one attached hydrogen (secondary N) is 1. The van der Waals surface area contributed by atoms with Gasteiger partial charge in [0.1, 0.15) is 18.2 Å². The molecule has 1 aliphatic heterocycles. The van der Waals surface area contributed by atoms with Crippen LogP contribution in [0.2, 0.25) is 0 Å². The zero-order valence-electron chi connectivity index (χ0n) is 18.7. The Hall–Kier alpha value is -2.00. The summed E-state index contributed by atoms with van der Waals surface area (Å²) in [5.74, 6) is -1.07. The van der Waals surface area contributed by atoms with Crippen LogP contribution in [0, 0.1) is 5.92 Å². The summed E-state index contributed by atoms with van der Waals surface area (Å²) in [6.45, 7) is 7.22. The van der Waals surface area contributed by atoms with E-state index in [1.807, 2.05) is 31.2 Å². The van der Waals surface area contributed by atoms with Crippen molar-refractivity contribution in [3.05, 3.63) is 35.4 Å². The van der Waals surface area contributed by atoms with Crippen molar-refractivity contribution in [1.29, 1.82) is 0 Å². The highest BCUT2D eigenvalue weighted by molar-refractivity contribution is 5.78. The minimum atomic E-state index is -1.54. The lowest BCUT2D eigenvalue weighted by Crippen LogP contribution is -2.65. The van der Waals surface area contributed by atoms with E-state index in [1.54, 1.807) is 6.92 Å². The van der Waals surface area contributed by atoms with Crippen molar-refractivity contribution >= 4 is 11.9 Å². The Morgan fingerprint density at radius 2 is 1.81 bits per heavy atom.